The van der Waals surface area contributed by atoms with Gasteiger partial charge in [0.05, 0.1) is 0 Å². The van der Waals surface area contributed by atoms with Crippen molar-refractivity contribution >= 4 is 41.3 Å². The number of hydrogen-bond donors (Lipinski definition) is 2. The zero-order valence-corrected chi connectivity index (χ0v) is 16.7. The highest BCUT2D eigenvalue weighted by atomic mass is 127. The Morgan fingerprint density at radius 3 is 2.78 bits per heavy atom. The second-order valence-electron chi connectivity index (χ2n) is 5.78. The third-order valence-corrected chi connectivity index (χ3v) is 5.10. The molecule has 1 aliphatic carbocycles. The first-order chi connectivity index (χ1) is 10.8. The predicted molar refractivity (Wildman–Crippen MR) is 110 cm³/mol. The molecule has 0 bridgehead atoms. The highest BCUT2D eigenvalue weighted by Gasteiger charge is 2.39. The van der Waals surface area contributed by atoms with Gasteiger partial charge in [0, 0.05) is 30.4 Å². The van der Waals surface area contributed by atoms with Gasteiger partial charge in [0.25, 0.3) is 0 Å². The van der Waals surface area contributed by atoms with Crippen LogP contribution in [0.5, 0.6) is 0 Å². The Labute approximate surface area is 159 Å². The summed E-state index contributed by atoms with van der Waals surface area (Å²) in [5.41, 5.74) is 2.85. The molecule has 1 saturated carbocycles. The Bertz CT molecular complexity index is 639. The van der Waals surface area contributed by atoms with Gasteiger partial charge in [0.15, 0.2) is 5.96 Å². The van der Waals surface area contributed by atoms with E-state index in [4.69, 9.17) is 0 Å². The first-order valence-electron chi connectivity index (χ1n) is 7.83. The minimum absolute atomic E-state index is 0. The molecule has 2 unspecified atom stereocenters. The first-order valence-corrected chi connectivity index (χ1v) is 8.71. The standard InChI is InChI=1S/C18H23N3S.HI/c1-13-6-3-4-8-15(13)16-12-17(16)21-18(19-2)20-10-9-14-7-5-11-22-14;/h3-8,11,16-17H,9-10,12H2,1-2H3,(H2,19,20,21);1H. The lowest BCUT2D eigenvalue weighted by Crippen LogP contribution is -2.39. The molecule has 0 amide bonds. The second-order valence-corrected chi connectivity index (χ2v) is 6.81. The van der Waals surface area contributed by atoms with Crippen LogP contribution in [-0.2, 0) is 6.42 Å². The fourth-order valence-electron chi connectivity index (χ4n) is 2.83. The summed E-state index contributed by atoms with van der Waals surface area (Å²) in [6.07, 6.45) is 2.24. The molecule has 23 heavy (non-hydrogen) atoms. The molecule has 1 fully saturated rings. The summed E-state index contributed by atoms with van der Waals surface area (Å²) in [6.45, 7) is 3.11. The van der Waals surface area contributed by atoms with E-state index in [1.54, 1.807) is 0 Å². The Hall–Kier alpha value is -1.08. The number of nitrogens with zero attached hydrogens (tertiary/aromatic N) is 1. The van der Waals surface area contributed by atoms with Gasteiger partial charge in [0.1, 0.15) is 0 Å². The number of aliphatic imine (C=N–C) groups is 1. The van der Waals surface area contributed by atoms with Crippen LogP contribution in [0.3, 0.4) is 0 Å². The van der Waals surface area contributed by atoms with Crippen molar-refractivity contribution in [3.63, 3.8) is 0 Å². The molecule has 1 aromatic heterocycles. The Balaban J connectivity index is 0.00000192. The lowest BCUT2D eigenvalue weighted by Gasteiger charge is -2.12. The van der Waals surface area contributed by atoms with E-state index < -0.39 is 0 Å². The van der Waals surface area contributed by atoms with E-state index in [0.717, 1.165) is 18.9 Å². The number of halogens is 1. The molecular formula is C18H24IN3S. The van der Waals surface area contributed by atoms with E-state index in [9.17, 15) is 0 Å². The molecule has 5 heteroatoms. The van der Waals surface area contributed by atoms with Gasteiger partial charge >= 0.3 is 0 Å². The zero-order valence-electron chi connectivity index (χ0n) is 13.6. The molecule has 1 aromatic carbocycles. The summed E-state index contributed by atoms with van der Waals surface area (Å²) < 4.78 is 0. The van der Waals surface area contributed by atoms with Crippen LogP contribution >= 0.6 is 35.3 Å². The maximum absolute atomic E-state index is 4.34. The molecule has 0 spiro atoms. The monoisotopic (exact) mass is 441 g/mol. The van der Waals surface area contributed by atoms with Crippen LogP contribution in [-0.4, -0.2) is 25.6 Å². The number of rotatable bonds is 5. The SMILES string of the molecule is CN=C(NCCc1cccs1)NC1CC1c1ccccc1C.I. The number of hydrogen-bond acceptors (Lipinski definition) is 2. The molecule has 0 aliphatic heterocycles. The molecule has 2 aromatic rings. The van der Waals surface area contributed by atoms with Gasteiger partial charge in [-0.05, 0) is 42.3 Å². The highest BCUT2D eigenvalue weighted by Crippen LogP contribution is 2.41. The third-order valence-electron chi connectivity index (χ3n) is 4.17. The number of thiophene rings is 1. The average molecular weight is 441 g/mol. The summed E-state index contributed by atoms with van der Waals surface area (Å²) in [5, 5.41) is 9.07. The van der Waals surface area contributed by atoms with Crippen LogP contribution in [0.1, 0.15) is 28.3 Å². The molecule has 0 radical (unpaired) electrons. The zero-order chi connectivity index (χ0) is 15.4. The van der Waals surface area contributed by atoms with Crippen molar-refractivity contribution in [1.29, 1.82) is 0 Å². The Morgan fingerprint density at radius 2 is 2.09 bits per heavy atom. The van der Waals surface area contributed by atoms with Crippen molar-refractivity contribution in [3.05, 3.63) is 57.8 Å². The predicted octanol–water partition coefficient (Wildman–Crippen LogP) is 3.94. The normalized spacial score (nSPS) is 19.8. The van der Waals surface area contributed by atoms with E-state index in [-0.39, 0.29) is 24.0 Å². The maximum Gasteiger partial charge on any atom is 0.191 e. The molecule has 124 valence electrons. The topological polar surface area (TPSA) is 36.4 Å². The van der Waals surface area contributed by atoms with Gasteiger partial charge in [-0.25, -0.2) is 0 Å². The lowest BCUT2D eigenvalue weighted by molar-refractivity contribution is 0.782. The maximum atomic E-state index is 4.34. The second kappa shape index (κ2) is 8.68. The summed E-state index contributed by atoms with van der Waals surface area (Å²) in [4.78, 5) is 5.74. The van der Waals surface area contributed by atoms with Gasteiger partial charge < -0.3 is 10.6 Å². The van der Waals surface area contributed by atoms with Crippen LogP contribution in [0, 0.1) is 6.92 Å². The molecule has 2 atom stereocenters. The van der Waals surface area contributed by atoms with E-state index in [1.807, 2.05) is 18.4 Å². The molecular weight excluding hydrogens is 417 g/mol. The minimum Gasteiger partial charge on any atom is -0.356 e. The van der Waals surface area contributed by atoms with Crippen molar-refractivity contribution < 1.29 is 0 Å². The number of benzene rings is 1. The quantitative estimate of drug-likeness (QED) is 0.419. The number of nitrogens with one attached hydrogen (secondary N) is 2. The van der Waals surface area contributed by atoms with Crippen molar-refractivity contribution in [2.45, 2.75) is 31.7 Å². The lowest BCUT2D eigenvalue weighted by atomic mass is 10.0. The highest BCUT2D eigenvalue weighted by molar-refractivity contribution is 14.0. The Kier molecular flexibility index (Phi) is 6.89. The summed E-state index contributed by atoms with van der Waals surface area (Å²) in [5.74, 6) is 1.54. The average Bonchev–Trinajstić information content (AvgIpc) is 3.08. The largest absolute Gasteiger partial charge is 0.356 e. The van der Waals surface area contributed by atoms with Crippen LogP contribution in [0.15, 0.2) is 46.8 Å². The van der Waals surface area contributed by atoms with Gasteiger partial charge in [-0.15, -0.1) is 35.3 Å². The smallest absolute Gasteiger partial charge is 0.191 e. The van der Waals surface area contributed by atoms with E-state index in [1.165, 1.54) is 22.4 Å². The fraction of sp³-hybridized carbons (Fsp3) is 0.389. The number of guanidine groups is 1. The fourth-order valence-corrected chi connectivity index (χ4v) is 3.54. The van der Waals surface area contributed by atoms with Crippen molar-refractivity contribution in [2.24, 2.45) is 4.99 Å². The van der Waals surface area contributed by atoms with E-state index in [0.29, 0.717) is 12.0 Å². The third kappa shape index (κ3) is 4.94. The first kappa shape index (κ1) is 18.3. The molecule has 3 rings (SSSR count). The summed E-state index contributed by atoms with van der Waals surface area (Å²) in [6, 6.07) is 13.5. The number of aryl methyl sites for hydroxylation is 1. The molecule has 1 aliphatic rings. The van der Waals surface area contributed by atoms with Crippen molar-refractivity contribution in [2.75, 3.05) is 13.6 Å². The van der Waals surface area contributed by atoms with Gasteiger partial charge in [0.2, 0.25) is 0 Å². The minimum atomic E-state index is 0. The van der Waals surface area contributed by atoms with Crippen molar-refractivity contribution in [3.8, 4) is 0 Å². The van der Waals surface area contributed by atoms with Crippen molar-refractivity contribution in [1.82, 2.24) is 10.6 Å². The van der Waals surface area contributed by atoms with Crippen LogP contribution < -0.4 is 10.6 Å². The molecule has 2 N–H and O–H groups in total. The van der Waals surface area contributed by atoms with Crippen LogP contribution in [0.25, 0.3) is 0 Å². The summed E-state index contributed by atoms with van der Waals surface area (Å²) >= 11 is 1.81. The van der Waals surface area contributed by atoms with Gasteiger partial charge in [-0.2, -0.15) is 0 Å². The Morgan fingerprint density at radius 1 is 1.26 bits per heavy atom. The van der Waals surface area contributed by atoms with Gasteiger partial charge in [-0.3, -0.25) is 4.99 Å². The van der Waals surface area contributed by atoms with E-state index >= 15 is 0 Å². The van der Waals surface area contributed by atoms with Crippen LogP contribution in [0.4, 0.5) is 0 Å². The summed E-state index contributed by atoms with van der Waals surface area (Å²) in [7, 11) is 1.84. The van der Waals surface area contributed by atoms with Crippen LogP contribution in [0.2, 0.25) is 0 Å². The molecule has 3 nitrogen and oxygen atoms in total. The van der Waals surface area contributed by atoms with Gasteiger partial charge in [-0.1, -0.05) is 30.3 Å². The molecule has 1 heterocycles. The molecule has 0 saturated heterocycles. The van der Waals surface area contributed by atoms with E-state index in [2.05, 4.69) is 64.3 Å².